The van der Waals surface area contributed by atoms with Crippen LogP contribution >= 0.6 is 24.0 Å². The molecule has 2 heterocycles. The van der Waals surface area contributed by atoms with Gasteiger partial charge in [-0.3, -0.25) is 4.68 Å². The molecule has 166 valence electrons. The Hall–Kier alpha value is -1.73. The molecule has 0 atom stereocenters. The van der Waals surface area contributed by atoms with Gasteiger partial charge < -0.3 is 10.6 Å². The fraction of sp³-hybridized carbons (Fsp3) is 0.526. The summed E-state index contributed by atoms with van der Waals surface area (Å²) in [6.45, 7) is 4.90. The average Bonchev–Trinajstić information content (AvgIpc) is 3.16. The minimum atomic E-state index is -3.40. The molecule has 1 aromatic carbocycles. The normalized spacial score (nSPS) is 15.5. The van der Waals surface area contributed by atoms with Crippen molar-refractivity contribution in [3.8, 4) is 0 Å². The summed E-state index contributed by atoms with van der Waals surface area (Å²) in [5, 5.41) is 10.5. The first kappa shape index (κ1) is 24.5. The Morgan fingerprint density at radius 3 is 2.43 bits per heavy atom. The number of guanidine groups is 1. The molecule has 0 spiro atoms. The maximum atomic E-state index is 12.7. The van der Waals surface area contributed by atoms with Crippen LogP contribution in [0.5, 0.6) is 0 Å². The Bertz CT molecular complexity index is 923. The number of aromatic nitrogens is 3. The summed E-state index contributed by atoms with van der Waals surface area (Å²) < 4.78 is 28.8. The van der Waals surface area contributed by atoms with Crippen LogP contribution in [0, 0.1) is 0 Å². The lowest BCUT2D eigenvalue weighted by Crippen LogP contribution is -2.37. The first-order valence-corrected chi connectivity index (χ1v) is 11.4. The van der Waals surface area contributed by atoms with E-state index in [1.165, 1.54) is 6.33 Å². The van der Waals surface area contributed by atoms with E-state index >= 15 is 0 Å². The second-order valence-electron chi connectivity index (χ2n) is 6.96. The van der Waals surface area contributed by atoms with E-state index in [1.807, 2.05) is 26.1 Å². The highest BCUT2D eigenvalue weighted by Gasteiger charge is 2.25. The highest BCUT2D eigenvalue weighted by atomic mass is 127. The first-order valence-electron chi connectivity index (χ1n) is 9.95. The third-order valence-corrected chi connectivity index (χ3v) is 6.77. The second-order valence-corrected chi connectivity index (χ2v) is 8.90. The van der Waals surface area contributed by atoms with E-state index in [2.05, 4.69) is 25.7 Å². The summed E-state index contributed by atoms with van der Waals surface area (Å²) in [4.78, 5) is 9.10. The van der Waals surface area contributed by atoms with Crippen LogP contribution in [0.25, 0.3) is 0 Å². The summed E-state index contributed by atoms with van der Waals surface area (Å²) >= 11 is 0. The molecule has 0 aliphatic carbocycles. The number of aliphatic imine (C=N–C) groups is 1. The van der Waals surface area contributed by atoms with Gasteiger partial charge in [0.1, 0.15) is 12.2 Å². The Morgan fingerprint density at radius 1 is 1.13 bits per heavy atom. The van der Waals surface area contributed by atoms with Crippen LogP contribution in [0.2, 0.25) is 0 Å². The number of rotatable bonds is 7. The minimum absolute atomic E-state index is 0. The van der Waals surface area contributed by atoms with Crippen LogP contribution in [0.3, 0.4) is 0 Å². The zero-order valence-electron chi connectivity index (χ0n) is 17.4. The number of hydrogen-bond donors (Lipinski definition) is 2. The second kappa shape index (κ2) is 11.6. The van der Waals surface area contributed by atoms with Gasteiger partial charge in [0.15, 0.2) is 5.96 Å². The highest BCUT2D eigenvalue weighted by Crippen LogP contribution is 2.21. The first-order chi connectivity index (χ1) is 14.0. The average molecular weight is 547 g/mol. The summed E-state index contributed by atoms with van der Waals surface area (Å²) in [5.41, 5.74) is 0.943. The maximum Gasteiger partial charge on any atom is 0.243 e. The van der Waals surface area contributed by atoms with Crippen LogP contribution in [0.4, 0.5) is 0 Å². The van der Waals surface area contributed by atoms with E-state index < -0.39 is 10.0 Å². The van der Waals surface area contributed by atoms with Crippen molar-refractivity contribution in [2.75, 3.05) is 19.6 Å². The van der Waals surface area contributed by atoms with Crippen molar-refractivity contribution in [3.63, 3.8) is 0 Å². The number of hydrogen-bond acceptors (Lipinski definition) is 5. The summed E-state index contributed by atoms with van der Waals surface area (Å²) in [5.74, 6) is 1.48. The number of sulfonamides is 1. The molecular weight excluding hydrogens is 517 g/mol. The van der Waals surface area contributed by atoms with E-state index in [4.69, 9.17) is 0 Å². The smallest absolute Gasteiger partial charge is 0.243 e. The molecule has 1 aliphatic heterocycles. The number of benzene rings is 1. The molecule has 0 unspecified atom stereocenters. The molecule has 0 radical (unpaired) electrons. The number of piperidine rings is 1. The van der Waals surface area contributed by atoms with E-state index in [1.54, 1.807) is 21.1 Å². The van der Waals surface area contributed by atoms with E-state index in [9.17, 15) is 8.42 Å². The van der Waals surface area contributed by atoms with Gasteiger partial charge in [-0.1, -0.05) is 18.6 Å². The zero-order valence-corrected chi connectivity index (χ0v) is 20.6. The lowest BCUT2D eigenvalue weighted by atomic mass is 10.2. The molecule has 1 saturated heterocycles. The van der Waals surface area contributed by atoms with Crippen LogP contribution in [-0.2, 0) is 30.2 Å². The van der Waals surface area contributed by atoms with E-state index in [0.29, 0.717) is 37.0 Å². The third kappa shape index (κ3) is 6.38. The maximum absolute atomic E-state index is 12.7. The van der Waals surface area contributed by atoms with Gasteiger partial charge in [-0.2, -0.15) is 9.40 Å². The molecule has 1 aliphatic rings. The molecule has 30 heavy (non-hydrogen) atoms. The molecule has 9 nitrogen and oxygen atoms in total. The number of aryl methyl sites for hydroxylation is 1. The fourth-order valence-electron chi connectivity index (χ4n) is 3.18. The van der Waals surface area contributed by atoms with E-state index in [-0.39, 0.29) is 24.0 Å². The summed E-state index contributed by atoms with van der Waals surface area (Å²) in [6, 6.07) is 7.00. The molecule has 1 aromatic heterocycles. The molecule has 0 saturated carbocycles. The van der Waals surface area contributed by atoms with Gasteiger partial charge in [0, 0.05) is 26.7 Å². The van der Waals surface area contributed by atoms with Crippen LogP contribution in [0.1, 0.15) is 37.6 Å². The SMILES string of the molecule is CCNC(=NCc1ccc(S(=O)(=O)N2CCCCC2)cc1)NCc1ncnn1C.I. The summed E-state index contributed by atoms with van der Waals surface area (Å²) in [6.07, 6.45) is 4.48. The van der Waals surface area contributed by atoms with Crippen molar-refractivity contribution in [3.05, 3.63) is 42.0 Å². The van der Waals surface area contributed by atoms with Crippen LogP contribution < -0.4 is 10.6 Å². The minimum Gasteiger partial charge on any atom is -0.357 e. The van der Waals surface area contributed by atoms with Crippen LogP contribution in [-0.4, -0.2) is 53.1 Å². The molecular formula is C19H30IN7O2S. The quantitative estimate of drug-likeness (QED) is 0.312. The monoisotopic (exact) mass is 547 g/mol. The molecule has 0 amide bonds. The fourth-order valence-corrected chi connectivity index (χ4v) is 4.69. The Balaban J connectivity index is 0.00000320. The molecule has 2 N–H and O–H groups in total. The predicted molar refractivity (Wildman–Crippen MR) is 127 cm³/mol. The molecule has 3 rings (SSSR count). The van der Waals surface area contributed by atoms with Gasteiger partial charge >= 0.3 is 0 Å². The Kier molecular flexibility index (Phi) is 9.49. The molecule has 2 aromatic rings. The standard InChI is InChI=1S/C19H29N7O2S.HI/c1-3-20-19(22-14-18-23-15-24-25(18)2)21-13-16-7-9-17(10-8-16)29(27,28)26-11-5-4-6-12-26;/h7-10,15H,3-6,11-14H2,1-2H3,(H2,20,21,22);1H. The number of nitrogens with zero attached hydrogens (tertiary/aromatic N) is 5. The Labute approximate surface area is 195 Å². The summed E-state index contributed by atoms with van der Waals surface area (Å²) in [7, 11) is -1.56. The van der Waals surface area contributed by atoms with Crippen molar-refractivity contribution in [2.24, 2.45) is 12.0 Å². The topological polar surface area (TPSA) is 105 Å². The number of nitrogens with one attached hydrogen (secondary N) is 2. The van der Waals surface area contributed by atoms with Crippen molar-refractivity contribution in [1.82, 2.24) is 29.7 Å². The van der Waals surface area contributed by atoms with Crippen molar-refractivity contribution >= 4 is 40.0 Å². The lowest BCUT2D eigenvalue weighted by Gasteiger charge is -2.25. The van der Waals surface area contributed by atoms with Crippen LogP contribution in [0.15, 0.2) is 40.5 Å². The van der Waals surface area contributed by atoms with Gasteiger partial charge in [0.25, 0.3) is 0 Å². The highest BCUT2D eigenvalue weighted by molar-refractivity contribution is 14.0. The third-order valence-electron chi connectivity index (χ3n) is 4.86. The molecule has 0 bridgehead atoms. The predicted octanol–water partition coefficient (Wildman–Crippen LogP) is 1.86. The lowest BCUT2D eigenvalue weighted by molar-refractivity contribution is 0.346. The van der Waals surface area contributed by atoms with E-state index in [0.717, 1.165) is 37.2 Å². The van der Waals surface area contributed by atoms with Crippen molar-refractivity contribution < 1.29 is 8.42 Å². The Morgan fingerprint density at radius 2 is 1.83 bits per heavy atom. The van der Waals surface area contributed by atoms with Gasteiger partial charge in [0.05, 0.1) is 18.0 Å². The van der Waals surface area contributed by atoms with Gasteiger partial charge in [-0.25, -0.2) is 18.4 Å². The molecule has 1 fully saturated rings. The molecule has 11 heteroatoms. The van der Waals surface area contributed by atoms with Crippen molar-refractivity contribution in [2.45, 2.75) is 44.2 Å². The number of halogens is 1. The van der Waals surface area contributed by atoms with Gasteiger partial charge in [-0.15, -0.1) is 24.0 Å². The largest absolute Gasteiger partial charge is 0.357 e. The van der Waals surface area contributed by atoms with Gasteiger partial charge in [-0.05, 0) is 37.5 Å². The zero-order chi connectivity index (χ0) is 20.7. The van der Waals surface area contributed by atoms with Crippen molar-refractivity contribution in [1.29, 1.82) is 0 Å². The van der Waals surface area contributed by atoms with Gasteiger partial charge in [0.2, 0.25) is 10.0 Å².